The molecule has 1 atom stereocenters. The standard InChI is InChI=1S/C22H27FN4O3/c1-3-13-8-14(10-15(23)9-13)22(6-4-5-7-22)11-17-25-20(29)19(28)18-21(30)26(2)16(24)12-27(17)18/h8-10,16,28H,3-7,11-12,24H2,1-2H3. The largest absolute Gasteiger partial charge is 0.501 e. The number of likely N-dealkylation sites (N-methyl/N-ethyl adjacent to an activating group) is 1. The first-order chi connectivity index (χ1) is 14.3. The predicted octanol–water partition coefficient (Wildman–Crippen LogP) is 2.08. The number of carbonyl (C=O) groups excluding carboxylic acids is 1. The fourth-order valence-corrected chi connectivity index (χ4v) is 4.85. The summed E-state index contributed by atoms with van der Waals surface area (Å²) in [5.74, 6) is -1.02. The van der Waals surface area contributed by atoms with Gasteiger partial charge in [0.2, 0.25) is 5.75 Å². The highest BCUT2D eigenvalue weighted by Crippen LogP contribution is 2.44. The lowest BCUT2D eigenvalue weighted by molar-refractivity contribution is 0.0648. The van der Waals surface area contributed by atoms with Gasteiger partial charge in [-0.25, -0.2) is 4.39 Å². The van der Waals surface area contributed by atoms with Gasteiger partial charge in [-0.15, -0.1) is 0 Å². The summed E-state index contributed by atoms with van der Waals surface area (Å²) in [6.45, 7) is 2.22. The van der Waals surface area contributed by atoms with E-state index in [1.54, 1.807) is 16.7 Å². The fraction of sp³-hybridized carbons (Fsp3) is 0.500. The lowest BCUT2D eigenvalue weighted by Gasteiger charge is -2.36. The third kappa shape index (κ3) is 3.29. The number of aryl methyl sites for hydroxylation is 1. The lowest BCUT2D eigenvalue weighted by atomic mass is 9.75. The molecule has 160 valence electrons. The molecule has 30 heavy (non-hydrogen) atoms. The average molecular weight is 414 g/mol. The summed E-state index contributed by atoms with van der Waals surface area (Å²) in [7, 11) is 1.54. The van der Waals surface area contributed by atoms with Crippen molar-refractivity contribution >= 4 is 5.91 Å². The maximum absolute atomic E-state index is 14.3. The van der Waals surface area contributed by atoms with Gasteiger partial charge in [0.25, 0.3) is 5.91 Å². The molecular formula is C22H27FN4O3. The predicted molar refractivity (Wildman–Crippen MR) is 110 cm³/mol. The van der Waals surface area contributed by atoms with Gasteiger partial charge < -0.3 is 20.3 Å². The van der Waals surface area contributed by atoms with Crippen molar-refractivity contribution in [2.24, 2.45) is 5.73 Å². The molecule has 1 saturated carbocycles. The maximum atomic E-state index is 14.3. The van der Waals surface area contributed by atoms with Crippen LogP contribution in [0.25, 0.3) is 0 Å². The molecule has 1 fully saturated rings. The Bertz CT molecular complexity index is 1060. The number of carbonyl (C=O) groups is 1. The summed E-state index contributed by atoms with van der Waals surface area (Å²) in [5.41, 5.74) is 6.65. The number of amides is 1. The van der Waals surface area contributed by atoms with E-state index in [1.807, 2.05) is 13.0 Å². The summed E-state index contributed by atoms with van der Waals surface area (Å²) in [6, 6.07) is 5.16. The van der Waals surface area contributed by atoms with Gasteiger partial charge in [-0.05, 0) is 42.5 Å². The number of rotatable bonds is 4. The number of hydrogen-bond donors (Lipinski definition) is 2. The summed E-state index contributed by atoms with van der Waals surface area (Å²) in [4.78, 5) is 30.5. The molecule has 1 aromatic heterocycles. The topological polar surface area (TPSA) is 101 Å². The maximum Gasteiger partial charge on any atom is 0.315 e. The second kappa shape index (κ2) is 7.50. The highest BCUT2D eigenvalue weighted by atomic mass is 19.1. The number of aromatic nitrogens is 2. The van der Waals surface area contributed by atoms with Crippen molar-refractivity contribution in [1.29, 1.82) is 0 Å². The molecule has 2 aromatic rings. The Morgan fingerprint density at radius 2 is 1.97 bits per heavy atom. The Morgan fingerprint density at radius 3 is 2.63 bits per heavy atom. The van der Waals surface area contributed by atoms with Gasteiger partial charge in [-0.2, -0.15) is 4.98 Å². The van der Waals surface area contributed by atoms with Crippen molar-refractivity contribution in [2.75, 3.05) is 7.05 Å². The van der Waals surface area contributed by atoms with E-state index in [2.05, 4.69) is 4.98 Å². The van der Waals surface area contributed by atoms with Gasteiger partial charge in [0.05, 0.1) is 12.7 Å². The molecule has 1 amide bonds. The minimum atomic E-state index is -0.824. The van der Waals surface area contributed by atoms with Gasteiger partial charge >= 0.3 is 5.56 Å². The van der Waals surface area contributed by atoms with Crippen LogP contribution in [0.4, 0.5) is 4.39 Å². The van der Waals surface area contributed by atoms with Crippen molar-refractivity contribution in [3.63, 3.8) is 0 Å². The summed E-state index contributed by atoms with van der Waals surface area (Å²) in [6.07, 6.45) is 4.18. The SMILES string of the molecule is CCc1cc(F)cc(C2(Cc3nc(=O)c(O)c4n3CC(N)N(C)C4=O)CCCC2)c1. The number of benzene rings is 1. The number of aromatic hydroxyl groups is 1. The number of hydrogen-bond acceptors (Lipinski definition) is 5. The van der Waals surface area contributed by atoms with Gasteiger partial charge in [-0.1, -0.05) is 25.8 Å². The van der Waals surface area contributed by atoms with E-state index in [0.29, 0.717) is 12.2 Å². The van der Waals surface area contributed by atoms with Crippen molar-refractivity contribution in [3.05, 3.63) is 57.0 Å². The molecule has 4 rings (SSSR count). The third-order valence-corrected chi connectivity index (χ3v) is 6.66. The number of nitrogens with two attached hydrogens (primary N) is 1. The van der Waals surface area contributed by atoms with Crippen LogP contribution >= 0.6 is 0 Å². The van der Waals surface area contributed by atoms with Crippen LogP contribution < -0.4 is 11.3 Å². The van der Waals surface area contributed by atoms with Gasteiger partial charge in [0, 0.05) is 18.9 Å². The Labute approximate surface area is 174 Å². The van der Waals surface area contributed by atoms with Gasteiger partial charge in [0.15, 0.2) is 5.69 Å². The molecule has 7 nitrogen and oxygen atoms in total. The molecule has 0 saturated heterocycles. The Morgan fingerprint density at radius 1 is 1.27 bits per heavy atom. The van der Waals surface area contributed by atoms with E-state index in [4.69, 9.17) is 5.73 Å². The molecule has 0 bridgehead atoms. The molecule has 3 N–H and O–H groups in total. The van der Waals surface area contributed by atoms with E-state index in [0.717, 1.165) is 43.2 Å². The lowest BCUT2D eigenvalue weighted by Crippen LogP contribution is -2.52. The number of fused-ring (bicyclic) bond motifs is 1. The Balaban J connectivity index is 1.85. The fourth-order valence-electron chi connectivity index (χ4n) is 4.85. The van der Waals surface area contributed by atoms with Crippen molar-refractivity contribution in [2.45, 2.75) is 63.6 Å². The van der Waals surface area contributed by atoms with Crippen LogP contribution in [0.15, 0.2) is 23.0 Å². The van der Waals surface area contributed by atoms with Crippen molar-refractivity contribution in [3.8, 4) is 5.75 Å². The average Bonchev–Trinajstić information content (AvgIpc) is 3.19. The first kappa shape index (κ1) is 20.5. The van der Waals surface area contributed by atoms with E-state index >= 15 is 0 Å². The first-order valence-electron chi connectivity index (χ1n) is 10.4. The summed E-state index contributed by atoms with van der Waals surface area (Å²) < 4.78 is 15.9. The highest BCUT2D eigenvalue weighted by Gasteiger charge is 2.40. The van der Waals surface area contributed by atoms with Gasteiger partial charge in [-0.3, -0.25) is 9.59 Å². The number of nitrogens with zero attached hydrogens (tertiary/aromatic N) is 3. The van der Waals surface area contributed by atoms with Crippen LogP contribution in [0.5, 0.6) is 5.75 Å². The van der Waals surface area contributed by atoms with Crippen LogP contribution in [-0.4, -0.2) is 38.7 Å². The van der Waals surface area contributed by atoms with Crippen LogP contribution in [-0.2, 0) is 24.8 Å². The van der Waals surface area contributed by atoms with E-state index in [1.165, 1.54) is 11.9 Å². The van der Waals surface area contributed by atoms with E-state index in [9.17, 15) is 19.1 Å². The van der Waals surface area contributed by atoms with Crippen LogP contribution in [0.1, 0.15) is 60.0 Å². The quantitative estimate of drug-likeness (QED) is 0.798. The Kier molecular flexibility index (Phi) is 5.13. The zero-order valence-corrected chi connectivity index (χ0v) is 17.3. The molecule has 1 aliphatic heterocycles. The van der Waals surface area contributed by atoms with E-state index in [-0.39, 0.29) is 23.5 Å². The second-order valence-electron chi connectivity index (χ2n) is 8.49. The molecule has 2 aliphatic rings. The van der Waals surface area contributed by atoms with Crippen molar-refractivity contribution in [1.82, 2.24) is 14.5 Å². The molecule has 1 aromatic carbocycles. The van der Waals surface area contributed by atoms with Crippen molar-refractivity contribution < 1.29 is 14.3 Å². The highest BCUT2D eigenvalue weighted by molar-refractivity contribution is 5.95. The summed E-state index contributed by atoms with van der Waals surface area (Å²) >= 11 is 0. The molecule has 0 spiro atoms. The zero-order valence-electron chi connectivity index (χ0n) is 17.3. The number of halogens is 1. The molecule has 8 heteroatoms. The molecule has 1 unspecified atom stereocenters. The van der Waals surface area contributed by atoms with E-state index < -0.39 is 23.4 Å². The second-order valence-corrected chi connectivity index (χ2v) is 8.49. The van der Waals surface area contributed by atoms with Gasteiger partial charge in [0.1, 0.15) is 11.6 Å². The molecule has 1 aliphatic carbocycles. The monoisotopic (exact) mass is 414 g/mol. The van der Waals surface area contributed by atoms with Crippen LogP contribution in [0, 0.1) is 5.82 Å². The Hall–Kier alpha value is -2.74. The minimum absolute atomic E-state index is 0.0733. The van der Waals surface area contributed by atoms with Crippen LogP contribution in [0.3, 0.4) is 0 Å². The molecule has 0 radical (unpaired) electrons. The zero-order chi connectivity index (χ0) is 21.6. The summed E-state index contributed by atoms with van der Waals surface area (Å²) in [5, 5.41) is 10.3. The minimum Gasteiger partial charge on any atom is -0.501 e. The van der Waals surface area contributed by atoms with Crippen LogP contribution in [0.2, 0.25) is 0 Å². The molecule has 2 heterocycles. The normalized spacial score (nSPS) is 20.5. The first-order valence-corrected chi connectivity index (χ1v) is 10.4. The molecular weight excluding hydrogens is 387 g/mol. The third-order valence-electron chi connectivity index (χ3n) is 6.66. The smallest absolute Gasteiger partial charge is 0.315 e.